The lowest BCUT2D eigenvalue weighted by Crippen LogP contribution is -2.21. The van der Waals surface area contributed by atoms with E-state index >= 15 is 0 Å². The van der Waals surface area contributed by atoms with Gasteiger partial charge in [0.1, 0.15) is 23.8 Å². The molecule has 0 saturated carbocycles. The highest BCUT2D eigenvalue weighted by atomic mass is 16.2. The molecule has 1 N–H and O–H groups in total. The number of para-hydroxylation sites is 1. The standard InChI is InChI=1S/C21H21N7O/c1-14-6-4-5-7-18(14)28-19(12-15(2)25-28)24-20(29)13-27-11-8-17(26-27)21-16(3)22-9-10-23-21/h4-12H,13H2,1-3H3,(H,24,29). The van der Waals surface area contributed by atoms with Crippen molar-refractivity contribution in [1.82, 2.24) is 29.5 Å². The van der Waals surface area contributed by atoms with Crippen LogP contribution in [0.15, 0.2) is 55.0 Å². The van der Waals surface area contributed by atoms with Gasteiger partial charge in [-0.25, -0.2) is 4.68 Å². The number of nitrogens with one attached hydrogen (secondary N) is 1. The fourth-order valence-corrected chi connectivity index (χ4v) is 3.14. The van der Waals surface area contributed by atoms with Crippen LogP contribution in [0.25, 0.3) is 17.1 Å². The third-order valence-electron chi connectivity index (χ3n) is 4.51. The summed E-state index contributed by atoms with van der Waals surface area (Å²) in [5.41, 5.74) is 5.00. The van der Waals surface area contributed by atoms with Crippen LogP contribution in [0.5, 0.6) is 0 Å². The van der Waals surface area contributed by atoms with Crippen LogP contribution in [0.3, 0.4) is 0 Å². The Balaban J connectivity index is 1.52. The van der Waals surface area contributed by atoms with Gasteiger partial charge in [-0.3, -0.25) is 19.4 Å². The second-order valence-electron chi connectivity index (χ2n) is 6.81. The highest BCUT2D eigenvalue weighted by Gasteiger charge is 2.14. The van der Waals surface area contributed by atoms with Crippen molar-refractivity contribution in [3.8, 4) is 17.1 Å². The number of benzene rings is 1. The number of hydrogen-bond acceptors (Lipinski definition) is 5. The summed E-state index contributed by atoms with van der Waals surface area (Å²) in [4.78, 5) is 21.2. The molecule has 0 saturated heterocycles. The van der Waals surface area contributed by atoms with Gasteiger partial charge in [-0.15, -0.1) is 0 Å². The monoisotopic (exact) mass is 387 g/mol. The fraction of sp³-hybridized carbons (Fsp3) is 0.190. The van der Waals surface area contributed by atoms with Gasteiger partial charge in [0.15, 0.2) is 0 Å². The summed E-state index contributed by atoms with van der Waals surface area (Å²) in [6.07, 6.45) is 5.03. The highest BCUT2D eigenvalue weighted by molar-refractivity contribution is 5.90. The normalized spacial score (nSPS) is 10.9. The summed E-state index contributed by atoms with van der Waals surface area (Å²) >= 11 is 0. The number of aromatic nitrogens is 6. The van der Waals surface area contributed by atoms with Gasteiger partial charge in [0.05, 0.1) is 17.1 Å². The number of rotatable bonds is 5. The molecule has 0 fully saturated rings. The van der Waals surface area contributed by atoms with E-state index in [2.05, 4.69) is 25.5 Å². The lowest BCUT2D eigenvalue weighted by Gasteiger charge is -2.11. The largest absolute Gasteiger partial charge is 0.309 e. The van der Waals surface area contributed by atoms with Crippen molar-refractivity contribution in [1.29, 1.82) is 0 Å². The summed E-state index contributed by atoms with van der Waals surface area (Å²) in [5, 5.41) is 11.9. The summed E-state index contributed by atoms with van der Waals surface area (Å²) in [6.45, 7) is 5.87. The molecule has 8 heteroatoms. The first-order valence-electron chi connectivity index (χ1n) is 9.25. The minimum atomic E-state index is -0.190. The molecule has 0 bridgehead atoms. The van der Waals surface area contributed by atoms with Crippen molar-refractivity contribution >= 4 is 11.7 Å². The summed E-state index contributed by atoms with van der Waals surface area (Å²) in [7, 11) is 0. The minimum Gasteiger partial charge on any atom is -0.309 e. The molecular weight excluding hydrogens is 366 g/mol. The Bertz CT molecular complexity index is 1180. The second kappa shape index (κ2) is 7.67. The molecule has 0 unspecified atom stereocenters. The molecule has 1 aromatic carbocycles. The van der Waals surface area contributed by atoms with Crippen molar-refractivity contribution in [2.75, 3.05) is 5.32 Å². The van der Waals surface area contributed by atoms with E-state index < -0.39 is 0 Å². The molecule has 0 spiro atoms. The Morgan fingerprint density at radius 3 is 2.62 bits per heavy atom. The Morgan fingerprint density at radius 1 is 1.03 bits per heavy atom. The summed E-state index contributed by atoms with van der Waals surface area (Å²) in [6, 6.07) is 11.6. The Labute approximate surface area is 168 Å². The highest BCUT2D eigenvalue weighted by Crippen LogP contribution is 2.20. The van der Waals surface area contributed by atoms with Crippen molar-refractivity contribution in [3.05, 3.63) is 71.9 Å². The van der Waals surface area contributed by atoms with Crippen LogP contribution in [0, 0.1) is 20.8 Å². The molecule has 4 rings (SSSR count). The summed E-state index contributed by atoms with van der Waals surface area (Å²) < 4.78 is 3.33. The van der Waals surface area contributed by atoms with E-state index in [1.165, 1.54) is 0 Å². The number of nitrogens with zero attached hydrogens (tertiary/aromatic N) is 6. The molecule has 1 amide bonds. The molecule has 3 heterocycles. The smallest absolute Gasteiger partial charge is 0.247 e. The third-order valence-corrected chi connectivity index (χ3v) is 4.51. The van der Waals surface area contributed by atoms with Crippen LogP contribution in [-0.4, -0.2) is 35.4 Å². The number of amides is 1. The van der Waals surface area contributed by atoms with Gasteiger partial charge in [0.2, 0.25) is 5.91 Å². The van der Waals surface area contributed by atoms with Gasteiger partial charge >= 0.3 is 0 Å². The maximum absolute atomic E-state index is 12.6. The number of hydrogen-bond donors (Lipinski definition) is 1. The molecule has 146 valence electrons. The Hall–Kier alpha value is -3.81. The third kappa shape index (κ3) is 3.91. The molecule has 0 atom stereocenters. The molecule has 0 aliphatic carbocycles. The predicted molar refractivity (Wildman–Crippen MR) is 110 cm³/mol. The van der Waals surface area contributed by atoms with Gasteiger partial charge in [0, 0.05) is 24.7 Å². The number of carbonyl (C=O) groups excluding carboxylic acids is 1. The number of aryl methyl sites for hydroxylation is 3. The van der Waals surface area contributed by atoms with E-state index in [-0.39, 0.29) is 12.5 Å². The first kappa shape index (κ1) is 18.5. The van der Waals surface area contributed by atoms with E-state index in [0.717, 1.165) is 22.6 Å². The van der Waals surface area contributed by atoms with Crippen molar-refractivity contribution in [2.45, 2.75) is 27.3 Å². The molecule has 0 aliphatic heterocycles. The van der Waals surface area contributed by atoms with Crippen LogP contribution >= 0.6 is 0 Å². The van der Waals surface area contributed by atoms with Crippen LogP contribution in [-0.2, 0) is 11.3 Å². The van der Waals surface area contributed by atoms with Crippen LogP contribution < -0.4 is 5.32 Å². The first-order chi connectivity index (χ1) is 14.0. The van der Waals surface area contributed by atoms with Gasteiger partial charge < -0.3 is 5.32 Å². The average Bonchev–Trinajstić information content (AvgIpc) is 3.29. The minimum absolute atomic E-state index is 0.0807. The van der Waals surface area contributed by atoms with Crippen molar-refractivity contribution < 1.29 is 4.79 Å². The quantitative estimate of drug-likeness (QED) is 0.568. The topological polar surface area (TPSA) is 90.5 Å². The molecule has 8 nitrogen and oxygen atoms in total. The van der Waals surface area contributed by atoms with E-state index in [0.29, 0.717) is 17.2 Å². The van der Waals surface area contributed by atoms with Crippen LogP contribution in [0.1, 0.15) is 17.0 Å². The van der Waals surface area contributed by atoms with E-state index in [1.54, 1.807) is 28.0 Å². The van der Waals surface area contributed by atoms with Crippen molar-refractivity contribution in [3.63, 3.8) is 0 Å². The zero-order valence-electron chi connectivity index (χ0n) is 16.5. The van der Waals surface area contributed by atoms with Gasteiger partial charge in [-0.05, 0) is 38.5 Å². The molecule has 0 aliphatic rings. The maximum Gasteiger partial charge on any atom is 0.247 e. The first-order valence-corrected chi connectivity index (χ1v) is 9.25. The lowest BCUT2D eigenvalue weighted by molar-refractivity contribution is -0.116. The number of carbonyl (C=O) groups is 1. The van der Waals surface area contributed by atoms with Gasteiger partial charge in [-0.1, -0.05) is 18.2 Å². The average molecular weight is 387 g/mol. The van der Waals surface area contributed by atoms with Gasteiger partial charge in [-0.2, -0.15) is 10.2 Å². The predicted octanol–water partition coefficient (Wildman–Crippen LogP) is 3.09. The Kier molecular flexibility index (Phi) is 4.90. The SMILES string of the molecule is Cc1cc(NC(=O)Cn2ccc(-c3nccnc3C)n2)n(-c2ccccc2C)n1. The van der Waals surface area contributed by atoms with Crippen molar-refractivity contribution in [2.24, 2.45) is 0 Å². The van der Waals surface area contributed by atoms with E-state index in [9.17, 15) is 4.79 Å². The van der Waals surface area contributed by atoms with E-state index in [1.807, 2.05) is 57.2 Å². The molecular formula is C21H21N7O. The number of anilines is 1. The molecule has 0 radical (unpaired) electrons. The zero-order chi connectivity index (χ0) is 20.4. The fourth-order valence-electron chi connectivity index (χ4n) is 3.14. The summed E-state index contributed by atoms with van der Waals surface area (Å²) in [5.74, 6) is 0.434. The van der Waals surface area contributed by atoms with Crippen LogP contribution in [0.4, 0.5) is 5.82 Å². The second-order valence-corrected chi connectivity index (χ2v) is 6.81. The molecule has 3 aromatic heterocycles. The zero-order valence-corrected chi connectivity index (χ0v) is 16.5. The van der Waals surface area contributed by atoms with Crippen LogP contribution in [0.2, 0.25) is 0 Å². The Morgan fingerprint density at radius 2 is 1.83 bits per heavy atom. The van der Waals surface area contributed by atoms with Gasteiger partial charge in [0.25, 0.3) is 0 Å². The lowest BCUT2D eigenvalue weighted by atomic mass is 10.2. The maximum atomic E-state index is 12.6. The molecule has 4 aromatic rings. The molecule has 29 heavy (non-hydrogen) atoms. The van der Waals surface area contributed by atoms with E-state index in [4.69, 9.17) is 0 Å².